The van der Waals surface area contributed by atoms with Crippen molar-refractivity contribution < 1.29 is 48.6 Å². The maximum absolute atomic E-state index is 15.0. The van der Waals surface area contributed by atoms with Crippen LogP contribution in [0.2, 0.25) is 0 Å². The third-order valence-corrected chi connectivity index (χ3v) is 5.74. The molecule has 0 aliphatic rings. The summed E-state index contributed by atoms with van der Waals surface area (Å²) in [5.74, 6) is -9.21. The lowest BCUT2D eigenvalue weighted by Gasteiger charge is -2.13. The van der Waals surface area contributed by atoms with Crippen molar-refractivity contribution in [1.82, 2.24) is 0 Å². The number of allylic oxidation sites excluding steroid dienone is 1. The topological polar surface area (TPSA) is 9.23 Å². The monoisotopic (exact) mass is 570 g/mol. The van der Waals surface area contributed by atoms with E-state index >= 15 is 0 Å². The molecule has 1 nitrogen and oxygen atoms in total. The number of hydrogen-bond acceptors (Lipinski definition) is 1. The van der Waals surface area contributed by atoms with Gasteiger partial charge in [0, 0.05) is 23.3 Å². The van der Waals surface area contributed by atoms with E-state index in [2.05, 4.69) is 0 Å². The highest BCUT2D eigenvalue weighted by Crippen LogP contribution is 2.37. The van der Waals surface area contributed by atoms with Gasteiger partial charge in [-0.05, 0) is 78.2 Å². The summed E-state index contributed by atoms with van der Waals surface area (Å²) in [7, 11) is 0. The number of halogens is 10. The lowest BCUT2D eigenvalue weighted by Crippen LogP contribution is -2.02. The van der Waals surface area contributed by atoms with Crippen LogP contribution in [-0.2, 0) is 0 Å². The summed E-state index contributed by atoms with van der Waals surface area (Å²) in [4.78, 5) is 0. The molecule has 0 unspecified atom stereocenters. The summed E-state index contributed by atoms with van der Waals surface area (Å²) in [6.45, 7) is 1.94. The summed E-state index contributed by atoms with van der Waals surface area (Å²) in [5.41, 5.74) is -4.63. The fourth-order valence-electron chi connectivity index (χ4n) is 4.05. The Morgan fingerprint density at radius 1 is 0.600 bits per heavy atom. The Morgan fingerprint density at radius 2 is 1.05 bits per heavy atom. The van der Waals surface area contributed by atoms with Gasteiger partial charge in [-0.1, -0.05) is 0 Å². The lowest BCUT2D eigenvalue weighted by molar-refractivity contribution is -0.0790. The van der Waals surface area contributed by atoms with Gasteiger partial charge in [-0.15, -0.1) is 0 Å². The van der Waals surface area contributed by atoms with Crippen molar-refractivity contribution in [2.75, 3.05) is 6.61 Å². The third-order valence-electron chi connectivity index (χ3n) is 5.74. The highest BCUT2D eigenvalue weighted by Gasteiger charge is 2.24. The molecule has 0 amide bonds. The molecule has 0 heterocycles. The number of rotatable bonds is 6. The molecule has 0 N–H and O–H groups in total. The molecule has 0 saturated heterocycles. The fourth-order valence-corrected chi connectivity index (χ4v) is 4.05. The minimum atomic E-state index is -4.86. The zero-order valence-electron chi connectivity index (χ0n) is 20.2. The van der Waals surface area contributed by atoms with Crippen molar-refractivity contribution in [2.24, 2.45) is 0 Å². The molecule has 0 aromatic heterocycles. The molecule has 0 fully saturated rings. The maximum Gasteiger partial charge on any atom is 0.409 e. The minimum absolute atomic E-state index is 0.124. The van der Waals surface area contributed by atoms with Crippen LogP contribution in [0.4, 0.5) is 43.9 Å². The quantitative estimate of drug-likeness (QED) is 0.210. The summed E-state index contributed by atoms with van der Waals surface area (Å²) in [6, 6.07) is 7.05. The van der Waals surface area contributed by atoms with Gasteiger partial charge in [-0.3, -0.25) is 0 Å². The lowest BCUT2D eigenvalue weighted by atomic mass is 9.95. The third kappa shape index (κ3) is 5.98. The van der Waals surface area contributed by atoms with Crippen LogP contribution in [0.5, 0.6) is 5.75 Å². The number of hydrogen-bond donors (Lipinski definition) is 0. The molecule has 208 valence electrons. The van der Waals surface area contributed by atoms with Crippen molar-refractivity contribution in [3.8, 4) is 39.1 Å². The molecular weight excluding hydrogens is 554 g/mol. The minimum Gasteiger partial charge on any atom is -0.494 e. The number of alkyl halides is 3. The molecule has 0 bridgehead atoms. The van der Waals surface area contributed by atoms with E-state index in [9.17, 15) is 43.9 Å². The second-order valence-corrected chi connectivity index (χ2v) is 8.43. The van der Waals surface area contributed by atoms with Crippen LogP contribution in [0.3, 0.4) is 0 Å². The van der Waals surface area contributed by atoms with Crippen LogP contribution in [0.15, 0.2) is 60.7 Å². The van der Waals surface area contributed by atoms with Crippen LogP contribution >= 0.6 is 0 Å². The second-order valence-electron chi connectivity index (χ2n) is 8.43. The summed E-state index contributed by atoms with van der Waals surface area (Å²) in [5, 5.41) is 0. The van der Waals surface area contributed by atoms with Crippen LogP contribution in [0.1, 0.15) is 12.5 Å². The predicted molar refractivity (Wildman–Crippen MR) is 129 cm³/mol. The van der Waals surface area contributed by atoms with E-state index in [1.54, 1.807) is 6.92 Å². The van der Waals surface area contributed by atoms with E-state index in [0.29, 0.717) is 24.3 Å². The Kier molecular flexibility index (Phi) is 7.95. The Hall–Kier alpha value is -4.28. The summed E-state index contributed by atoms with van der Waals surface area (Å²) in [6.07, 6.45) is -5.15. The average molecular weight is 570 g/mol. The molecule has 4 aromatic rings. The molecule has 40 heavy (non-hydrogen) atoms. The summed E-state index contributed by atoms with van der Waals surface area (Å²) < 4.78 is 145. The molecular formula is C29H16F10O. The average Bonchev–Trinajstić information content (AvgIpc) is 2.82. The van der Waals surface area contributed by atoms with Gasteiger partial charge in [-0.2, -0.15) is 13.2 Å². The van der Waals surface area contributed by atoms with Gasteiger partial charge in [0.1, 0.15) is 46.5 Å². The standard InChI is InChI=1S/C29H16F10O/c1-2-40-17-3-4-18(22(32)13-17)14-7-23(33)28(24(34)8-14)16-11-25(35)27(26(36)12-16)15-9-20(30)19(21(31)10-15)5-6-29(37,38)39/h3-13H,2H2,1H3/b6-5+. The van der Waals surface area contributed by atoms with Crippen LogP contribution in [-0.4, -0.2) is 12.8 Å². The van der Waals surface area contributed by atoms with Gasteiger partial charge in [0.25, 0.3) is 0 Å². The normalized spacial score (nSPS) is 11.9. The Morgan fingerprint density at radius 3 is 1.48 bits per heavy atom. The Balaban J connectivity index is 1.73. The van der Waals surface area contributed by atoms with Crippen molar-refractivity contribution >= 4 is 6.08 Å². The molecule has 0 radical (unpaired) electrons. The van der Waals surface area contributed by atoms with Crippen molar-refractivity contribution in [3.05, 3.63) is 107 Å². The molecule has 0 saturated carbocycles. The molecule has 0 spiro atoms. The molecule has 0 atom stereocenters. The number of ether oxygens (including phenoxy) is 1. The SMILES string of the molecule is CCOc1ccc(-c2cc(F)c(-c3cc(F)c(-c4cc(F)c(/C=C/C(F)(F)F)c(F)c4)c(F)c3)c(F)c2)c(F)c1. The van der Waals surface area contributed by atoms with E-state index in [-0.39, 0.29) is 29.6 Å². The largest absolute Gasteiger partial charge is 0.494 e. The maximum atomic E-state index is 15.0. The molecule has 0 aliphatic heterocycles. The zero-order chi connectivity index (χ0) is 29.4. The summed E-state index contributed by atoms with van der Waals surface area (Å²) >= 11 is 0. The van der Waals surface area contributed by atoms with Gasteiger partial charge in [0.05, 0.1) is 17.7 Å². The second kappa shape index (κ2) is 11.1. The highest BCUT2D eigenvalue weighted by atomic mass is 19.4. The van der Waals surface area contributed by atoms with Crippen molar-refractivity contribution in [3.63, 3.8) is 0 Å². The Bertz CT molecular complexity index is 1550. The van der Waals surface area contributed by atoms with Crippen molar-refractivity contribution in [1.29, 1.82) is 0 Å². The molecule has 11 heteroatoms. The predicted octanol–water partition coefficient (Wildman–Crippen LogP) is 9.64. The fraction of sp³-hybridized carbons (Fsp3) is 0.103. The van der Waals surface area contributed by atoms with Crippen LogP contribution in [0, 0.1) is 40.7 Å². The highest BCUT2D eigenvalue weighted by molar-refractivity contribution is 5.76. The van der Waals surface area contributed by atoms with Crippen LogP contribution in [0.25, 0.3) is 39.5 Å². The van der Waals surface area contributed by atoms with E-state index in [1.807, 2.05) is 0 Å². The molecule has 4 aromatic carbocycles. The van der Waals surface area contributed by atoms with Crippen molar-refractivity contribution in [2.45, 2.75) is 13.1 Å². The first-order chi connectivity index (χ1) is 18.8. The number of benzene rings is 4. The zero-order valence-corrected chi connectivity index (χ0v) is 20.2. The smallest absolute Gasteiger partial charge is 0.409 e. The van der Waals surface area contributed by atoms with Gasteiger partial charge in [0.15, 0.2) is 0 Å². The van der Waals surface area contributed by atoms with Gasteiger partial charge in [-0.25, -0.2) is 30.7 Å². The first-order valence-corrected chi connectivity index (χ1v) is 11.5. The first kappa shape index (κ1) is 28.7. The first-order valence-electron chi connectivity index (χ1n) is 11.5. The Labute approximate surface area is 221 Å². The van der Waals surface area contributed by atoms with Crippen LogP contribution < -0.4 is 4.74 Å². The molecule has 4 rings (SSSR count). The van der Waals surface area contributed by atoms with Gasteiger partial charge >= 0.3 is 6.18 Å². The molecule has 0 aliphatic carbocycles. The van der Waals surface area contributed by atoms with Gasteiger partial charge < -0.3 is 4.74 Å². The van der Waals surface area contributed by atoms with E-state index in [0.717, 1.165) is 18.2 Å². The van der Waals surface area contributed by atoms with E-state index in [1.165, 1.54) is 12.1 Å². The van der Waals surface area contributed by atoms with E-state index in [4.69, 9.17) is 4.74 Å². The van der Waals surface area contributed by atoms with E-state index < -0.39 is 80.8 Å². The van der Waals surface area contributed by atoms with Gasteiger partial charge in [0.2, 0.25) is 0 Å².